The third kappa shape index (κ3) is 3.76. The highest BCUT2D eigenvalue weighted by molar-refractivity contribution is 5.99. The minimum Gasteiger partial charge on any atom is -0.369 e. The smallest absolute Gasteiger partial charge is 0.275 e. The Kier molecular flexibility index (Phi) is 4.90. The summed E-state index contributed by atoms with van der Waals surface area (Å²) in [4.78, 5) is 41.2. The summed E-state index contributed by atoms with van der Waals surface area (Å²) >= 11 is 0. The number of aromatic nitrogens is 2. The Hall–Kier alpha value is -2.74. The monoisotopic (exact) mass is 397 g/mol. The van der Waals surface area contributed by atoms with Gasteiger partial charge in [0.15, 0.2) is 0 Å². The number of nitrogens with one attached hydrogen (secondary N) is 1. The molecule has 8 heteroatoms. The first kappa shape index (κ1) is 19.6. The summed E-state index contributed by atoms with van der Waals surface area (Å²) in [5.74, 6) is -0.778. The fourth-order valence-electron chi connectivity index (χ4n) is 4.12. The molecular weight excluding hydrogens is 370 g/mol. The van der Waals surface area contributed by atoms with E-state index in [1.54, 1.807) is 6.20 Å². The molecule has 2 fully saturated rings. The maximum absolute atomic E-state index is 12.9. The largest absolute Gasteiger partial charge is 0.369 e. The predicted octanol–water partition coefficient (Wildman–Crippen LogP) is 1.29. The number of hydrogen-bond donors (Lipinski definition) is 1. The van der Waals surface area contributed by atoms with Crippen LogP contribution in [0.2, 0.25) is 0 Å². The third-order valence-corrected chi connectivity index (χ3v) is 5.89. The predicted molar refractivity (Wildman–Crippen MR) is 111 cm³/mol. The van der Waals surface area contributed by atoms with E-state index in [1.807, 2.05) is 18.2 Å². The van der Waals surface area contributed by atoms with Crippen molar-refractivity contribution >= 4 is 28.3 Å². The van der Waals surface area contributed by atoms with Gasteiger partial charge >= 0.3 is 0 Å². The Morgan fingerprint density at radius 3 is 2.45 bits per heavy atom. The summed E-state index contributed by atoms with van der Waals surface area (Å²) in [6.07, 6.45) is 2.14. The van der Waals surface area contributed by atoms with Crippen LogP contribution in [0.25, 0.3) is 10.8 Å². The minimum atomic E-state index is -0.741. The molecular formula is C21H27N5O3. The first-order chi connectivity index (χ1) is 13.7. The van der Waals surface area contributed by atoms with E-state index in [-0.39, 0.29) is 23.4 Å². The number of piperidine rings is 1. The number of amides is 2. The van der Waals surface area contributed by atoms with Crippen LogP contribution in [0, 0.1) is 0 Å². The highest BCUT2D eigenvalue weighted by atomic mass is 16.2. The van der Waals surface area contributed by atoms with E-state index in [0.717, 1.165) is 37.3 Å². The van der Waals surface area contributed by atoms with E-state index in [4.69, 9.17) is 0 Å². The maximum atomic E-state index is 12.9. The van der Waals surface area contributed by atoms with Gasteiger partial charge < -0.3 is 4.90 Å². The zero-order valence-electron chi connectivity index (χ0n) is 17.1. The van der Waals surface area contributed by atoms with Crippen molar-refractivity contribution in [3.63, 3.8) is 0 Å². The lowest BCUT2D eigenvalue weighted by molar-refractivity contribution is -0.136. The molecule has 8 nitrogen and oxygen atoms in total. The highest BCUT2D eigenvalue weighted by Gasteiger charge is 2.30. The first-order valence-corrected chi connectivity index (χ1v) is 10.1. The van der Waals surface area contributed by atoms with Crippen LogP contribution in [-0.4, -0.2) is 58.2 Å². The zero-order chi connectivity index (χ0) is 20.8. The Morgan fingerprint density at radius 1 is 1.07 bits per heavy atom. The van der Waals surface area contributed by atoms with Crippen LogP contribution in [0.3, 0.4) is 0 Å². The lowest BCUT2D eigenvalue weighted by atomic mass is 10.0. The summed E-state index contributed by atoms with van der Waals surface area (Å²) in [5.41, 5.74) is 0.938. The molecule has 0 aliphatic carbocycles. The van der Waals surface area contributed by atoms with Crippen LogP contribution in [0.1, 0.15) is 39.7 Å². The Labute approximate surface area is 169 Å². The van der Waals surface area contributed by atoms with Crippen LogP contribution in [0.4, 0.5) is 5.69 Å². The first-order valence-electron chi connectivity index (χ1n) is 10.1. The van der Waals surface area contributed by atoms with Crippen molar-refractivity contribution in [3.05, 3.63) is 34.7 Å². The van der Waals surface area contributed by atoms with Crippen molar-refractivity contribution < 1.29 is 9.59 Å². The fourth-order valence-corrected chi connectivity index (χ4v) is 4.12. The van der Waals surface area contributed by atoms with Crippen LogP contribution < -0.4 is 15.8 Å². The van der Waals surface area contributed by atoms with Crippen molar-refractivity contribution in [3.8, 4) is 0 Å². The van der Waals surface area contributed by atoms with Gasteiger partial charge in [-0.15, -0.1) is 0 Å². The number of rotatable bonds is 2. The molecule has 1 aromatic carbocycles. The van der Waals surface area contributed by atoms with Crippen LogP contribution in [-0.2, 0) is 9.59 Å². The molecule has 2 aliphatic rings. The summed E-state index contributed by atoms with van der Waals surface area (Å²) < 4.78 is 1.20. The number of imide groups is 1. The van der Waals surface area contributed by atoms with Gasteiger partial charge in [0.1, 0.15) is 6.04 Å². The lowest BCUT2D eigenvalue weighted by Gasteiger charge is -2.43. The molecule has 2 saturated heterocycles. The number of nitrogens with zero attached hydrogens (tertiary/aromatic N) is 4. The van der Waals surface area contributed by atoms with Crippen molar-refractivity contribution in [2.75, 3.05) is 31.1 Å². The molecule has 29 heavy (non-hydrogen) atoms. The molecule has 2 aliphatic heterocycles. The second-order valence-electron chi connectivity index (χ2n) is 8.78. The van der Waals surface area contributed by atoms with Gasteiger partial charge in [0.2, 0.25) is 5.91 Å². The van der Waals surface area contributed by atoms with E-state index in [1.165, 1.54) is 4.68 Å². The van der Waals surface area contributed by atoms with Gasteiger partial charge in [0.25, 0.3) is 11.5 Å². The SMILES string of the molecule is CC(C)(C)N1CCN(c2ccc3c(=O)n(C4CCC(=O)NC4=O)ncc3c2)CC1. The van der Waals surface area contributed by atoms with E-state index < -0.39 is 11.9 Å². The maximum Gasteiger partial charge on any atom is 0.275 e. The average Bonchev–Trinajstić information content (AvgIpc) is 2.68. The fraction of sp³-hybridized carbons (Fsp3) is 0.524. The molecule has 1 atom stereocenters. The molecule has 2 aromatic rings. The van der Waals surface area contributed by atoms with E-state index in [2.05, 4.69) is 41.0 Å². The van der Waals surface area contributed by atoms with Crippen molar-refractivity contribution in [1.29, 1.82) is 0 Å². The van der Waals surface area contributed by atoms with Gasteiger partial charge in [0.05, 0.1) is 11.6 Å². The van der Waals surface area contributed by atoms with Crippen molar-refractivity contribution in [1.82, 2.24) is 20.0 Å². The van der Waals surface area contributed by atoms with Gasteiger partial charge in [-0.05, 0) is 45.4 Å². The van der Waals surface area contributed by atoms with Gasteiger partial charge in [-0.2, -0.15) is 5.10 Å². The normalized spacial score (nSPS) is 21.5. The molecule has 1 aromatic heterocycles. The number of benzene rings is 1. The topological polar surface area (TPSA) is 87.5 Å². The average molecular weight is 397 g/mol. The standard InChI is InChI=1S/C21H27N5O3/c1-21(2,3)25-10-8-24(9-11-25)15-4-5-16-14(12-15)13-22-26(20(16)29)17-6-7-18(27)23-19(17)28/h4-5,12-13,17H,6-11H2,1-3H3,(H,23,27,28). The second kappa shape index (κ2) is 7.26. The Bertz CT molecular complexity index is 1020. The summed E-state index contributed by atoms with van der Waals surface area (Å²) in [6.45, 7) is 10.6. The summed E-state index contributed by atoms with van der Waals surface area (Å²) in [6, 6.07) is 5.03. The number of fused-ring (bicyclic) bond motifs is 1. The second-order valence-corrected chi connectivity index (χ2v) is 8.78. The molecule has 154 valence electrons. The number of hydrogen-bond acceptors (Lipinski definition) is 6. The molecule has 0 saturated carbocycles. The number of carbonyl (C=O) groups is 2. The summed E-state index contributed by atoms with van der Waals surface area (Å²) in [5, 5.41) is 7.81. The molecule has 1 N–H and O–H groups in total. The summed E-state index contributed by atoms with van der Waals surface area (Å²) in [7, 11) is 0. The van der Waals surface area contributed by atoms with Gasteiger partial charge in [0, 0.05) is 49.2 Å². The lowest BCUT2D eigenvalue weighted by Crippen LogP contribution is -2.53. The van der Waals surface area contributed by atoms with Gasteiger partial charge in [-0.1, -0.05) is 0 Å². The molecule has 1 unspecified atom stereocenters. The van der Waals surface area contributed by atoms with E-state index in [0.29, 0.717) is 11.8 Å². The van der Waals surface area contributed by atoms with Crippen LogP contribution >= 0.6 is 0 Å². The van der Waals surface area contributed by atoms with Gasteiger partial charge in [-0.3, -0.25) is 24.6 Å². The Morgan fingerprint density at radius 2 is 1.79 bits per heavy atom. The number of piperazine rings is 1. The molecule has 0 bridgehead atoms. The number of carbonyl (C=O) groups excluding carboxylic acids is 2. The quantitative estimate of drug-likeness (QED) is 0.769. The van der Waals surface area contributed by atoms with Gasteiger partial charge in [-0.25, -0.2) is 4.68 Å². The van der Waals surface area contributed by atoms with Crippen molar-refractivity contribution in [2.24, 2.45) is 0 Å². The zero-order valence-corrected chi connectivity index (χ0v) is 17.1. The van der Waals surface area contributed by atoms with E-state index >= 15 is 0 Å². The number of anilines is 1. The molecule has 2 amide bonds. The van der Waals surface area contributed by atoms with E-state index in [9.17, 15) is 14.4 Å². The van der Waals surface area contributed by atoms with Crippen LogP contribution in [0.5, 0.6) is 0 Å². The molecule has 0 radical (unpaired) electrons. The third-order valence-electron chi connectivity index (χ3n) is 5.89. The molecule has 4 rings (SSSR count). The molecule has 0 spiro atoms. The molecule has 3 heterocycles. The Balaban J connectivity index is 1.58. The minimum absolute atomic E-state index is 0.167. The van der Waals surface area contributed by atoms with Crippen molar-refractivity contribution in [2.45, 2.75) is 45.2 Å². The van der Waals surface area contributed by atoms with Crippen LogP contribution in [0.15, 0.2) is 29.2 Å². The highest BCUT2D eigenvalue weighted by Crippen LogP contribution is 2.24.